The van der Waals surface area contributed by atoms with E-state index in [4.69, 9.17) is 0 Å². The summed E-state index contributed by atoms with van der Waals surface area (Å²) in [6.45, 7) is 3.73. The summed E-state index contributed by atoms with van der Waals surface area (Å²) >= 11 is 0. The van der Waals surface area contributed by atoms with Gasteiger partial charge in [0.25, 0.3) is 0 Å². The number of benzene rings is 2. The van der Waals surface area contributed by atoms with Crippen LogP contribution in [0.25, 0.3) is 22.2 Å². The van der Waals surface area contributed by atoms with Gasteiger partial charge < -0.3 is 10.2 Å². The molecule has 0 saturated carbocycles. The van der Waals surface area contributed by atoms with Crippen molar-refractivity contribution in [2.75, 3.05) is 31.1 Å². The number of nitrogens with one attached hydrogen (secondary N) is 1. The fourth-order valence-electron chi connectivity index (χ4n) is 3.12. The van der Waals surface area contributed by atoms with Crippen molar-refractivity contribution in [2.24, 2.45) is 0 Å². The minimum Gasteiger partial charge on any atom is -0.368 e. The highest BCUT2D eigenvalue weighted by atomic mass is 35.5. The molecule has 0 spiro atoms. The molecule has 0 radical (unpaired) electrons. The van der Waals surface area contributed by atoms with E-state index in [0.717, 1.165) is 48.5 Å². The first-order valence-electron chi connectivity index (χ1n) is 7.93. The molecule has 2 heterocycles. The van der Waals surface area contributed by atoms with Gasteiger partial charge in [0.15, 0.2) is 0 Å². The van der Waals surface area contributed by atoms with E-state index in [-0.39, 0.29) is 18.2 Å². The summed E-state index contributed by atoms with van der Waals surface area (Å²) in [5.74, 6) is -0.267. The number of piperazine rings is 1. The first-order chi connectivity index (χ1) is 11.3. The molecule has 0 atom stereocenters. The van der Waals surface area contributed by atoms with Crippen LogP contribution in [0.15, 0.2) is 54.6 Å². The molecule has 4 rings (SSSR count). The number of anilines is 1. The second-order valence-electron chi connectivity index (χ2n) is 5.77. The Balaban J connectivity index is 0.00000169. The Hall–Kier alpha value is -2.17. The Labute approximate surface area is 146 Å². The van der Waals surface area contributed by atoms with Crippen molar-refractivity contribution in [3.05, 3.63) is 60.4 Å². The fraction of sp³-hybridized carbons (Fsp3) is 0.211. The largest absolute Gasteiger partial charge is 0.368 e. The minimum atomic E-state index is -0.267. The quantitative estimate of drug-likeness (QED) is 0.765. The van der Waals surface area contributed by atoms with Crippen LogP contribution >= 0.6 is 12.4 Å². The van der Waals surface area contributed by atoms with Crippen LogP contribution in [-0.4, -0.2) is 31.2 Å². The zero-order valence-electron chi connectivity index (χ0n) is 13.2. The normalized spacial score (nSPS) is 14.5. The zero-order chi connectivity index (χ0) is 15.6. The Morgan fingerprint density at radius 2 is 1.71 bits per heavy atom. The van der Waals surface area contributed by atoms with Crippen molar-refractivity contribution < 1.29 is 4.39 Å². The van der Waals surface area contributed by atoms with Crippen molar-refractivity contribution in [1.82, 2.24) is 10.3 Å². The molecule has 1 aromatic heterocycles. The molecule has 2 aromatic carbocycles. The highest BCUT2D eigenvalue weighted by molar-refractivity contribution is 5.94. The number of nitrogens with zero attached hydrogens (tertiary/aromatic N) is 2. The number of rotatable bonds is 2. The molecule has 0 amide bonds. The third-order valence-corrected chi connectivity index (χ3v) is 4.30. The van der Waals surface area contributed by atoms with Gasteiger partial charge in [0.1, 0.15) is 11.3 Å². The number of fused-ring (bicyclic) bond motifs is 1. The summed E-state index contributed by atoms with van der Waals surface area (Å²) in [5, 5.41) is 4.24. The molecule has 5 heteroatoms. The average molecular weight is 344 g/mol. The monoisotopic (exact) mass is 343 g/mol. The third-order valence-electron chi connectivity index (χ3n) is 4.30. The molecule has 0 aliphatic carbocycles. The maximum absolute atomic E-state index is 14.3. The van der Waals surface area contributed by atoms with Gasteiger partial charge in [-0.3, -0.25) is 0 Å². The molecule has 1 aliphatic heterocycles. The van der Waals surface area contributed by atoms with Crippen LogP contribution < -0.4 is 10.2 Å². The topological polar surface area (TPSA) is 28.2 Å². The molecule has 1 saturated heterocycles. The lowest BCUT2D eigenvalue weighted by atomic mass is 10.1. The van der Waals surface area contributed by atoms with E-state index >= 15 is 0 Å². The lowest BCUT2D eigenvalue weighted by Crippen LogP contribution is -2.43. The summed E-state index contributed by atoms with van der Waals surface area (Å²) in [5.41, 5.74) is 3.34. The summed E-state index contributed by atoms with van der Waals surface area (Å²) in [6.07, 6.45) is 0. The smallest absolute Gasteiger partial charge is 0.149 e. The molecule has 3 nitrogen and oxygen atoms in total. The second-order valence-corrected chi connectivity index (χ2v) is 5.77. The molecular weight excluding hydrogens is 325 g/mol. The molecule has 3 aromatic rings. The summed E-state index contributed by atoms with van der Waals surface area (Å²) in [4.78, 5) is 6.90. The number of para-hydroxylation sites is 1. The van der Waals surface area contributed by atoms with Crippen LogP contribution in [0.1, 0.15) is 0 Å². The van der Waals surface area contributed by atoms with Gasteiger partial charge in [-0.05, 0) is 12.1 Å². The Bertz CT molecular complexity index is 833. The van der Waals surface area contributed by atoms with Crippen LogP contribution in [0.4, 0.5) is 10.1 Å². The van der Waals surface area contributed by atoms with E-state index < -0.39 is 0 Å². The molecule has 1 aliphatic rings. The Morgan fingerprint density at radius 3 is 2.46 bits per heavy atom. The van der Waals surface area contributed by atoms with Gasteiger partial charge in [-0.2, -0.15) is 0 Å². The van der Waals surface area contributed by atoms with Gasteiger partial charge in [-0.15, -0.1) is 12.4 Å². The van der Waals surface area contributed by atoms with E-state index in [1.54, 1.807) is 6.07 Å². The van der Waals surface area contributed by atoms with Crippen LogP contribution in [-0.2, 0) is 0 Å². The number of hydrogen-bond donors (Lipinski definition) is 1. The molecular formula is C19H19ClFN3. The second kappa shape index (κ2) is 7.16. The number of pyridine rings is 1. The van der Waals surface area contributed by atoms with Gasteiger partial charge in [0.2, 0.25) is 0 Å². The fourth-order valence-corrected chi connectivity index (χ4v) is 3.12. The van der Waals surface area contributed by atoms with Gasteiger partial charge in [-0.1, -0.05) is 42.5 Å². The Morgan fingerprint density at radius 1 is 0.958 bits per heavy atom. The van der Waals surface area contributed by atoms with Crippen molar-refractivity contribution in [3.63, 3.8) is 0 Å². The predicted octanol–water partition coefficient (Wildman–Crippen LogP) is 3.87. The first-order valence-corrected chi connectivity index (χ1v) is 7.93. The SMILES string of the molecule is Cl.Fc1cccc2c(N3CCNCC3)cc(-c3ccccc3)nc12. The summed E-state index contributed by atoms with van der Waals surface area (Å²) < 4.78 is 14.3. The third kappa shape index (κ3) is 3.07. The van der Waals surface area contributed by atoms with Gasteiger partial charge in [0.05, 0.1) is 5.69 Å². The first kappa shape index (κ1) is 16.7. The van der Waals surface area contributed by atoms with Crippen LogP contribution in [0, 0.1) is 5.82 Å². The maximum Gasteiger partial charge on any atom is 0.149 e. The predicted molar refractivity (Wildman–Crippen MR) is 99.5 cm³/mol. The van der Waals surface area contributed by atoms with Crippen LogP contribution in [0.5, 0.6) is 0 Å². The summed E-state index contributed by atoms with van der Waals surface area (Å²) in [6, 6.07) is 17.2. The van der Waals surface area contributed by atoms with Crippen molar-refractivity contribution in [3.8, 4) is 11.3 Å². The van der Waals surface area contributed by atoms with Crippen LogP contribution in [0.3, 0.4) is 0 Å². The molecule has 124 valence electrons. The highest BCUT2D eigenvalue weighted by Gasteiger charge is 2.17. The number of aromatic nitrogens is 1. The van der Waals surface area contributed by atoms with E-state index in [1.807, 2.05) is 36.4 Å². The average Bonchev–Trinajstić information content (AvgIpc) is 2.63. The van der Waals surface area contributed by atoms with Crippen molar-refractivity contribution >= 4 is 29.0 Å². The van der Waals surface area contributed by atoms with E-state index in [1.165, 1.54) is 6.07 Å². The highest BCUT2D eigenvalue weighted by Crippen LogP contribution is 2.32. The van der Waals surface area contributed by atoms with Gasteiger partial charge in [-0.25, -0.2) is 9.37 Å². The number of hydrogen-bond acceptors (Lipinski definition) is 3. The minimum absolute atomic E-state index is 0. The molecule has 0 bridgehead atoms. The van der Waals surface area contributed by atoms with Gasteiger partial charge in [0, 0.05) is 42.8 Å². The van der Waals surface area contributed by atoms with Crippen LogP contribution in [0.2, 0.25) is 0 Å². The standard InChI is InChI=1S/C19H18FN3.ClH/c20-16-8-4-7-15-18(23-11-9-21-10-12-23)13-17(22-19(15)16)14-5-2-1-3-6-14;/h1-8,13,21H,9-12H2;1H. The zero-order valence-corrected chi connectivity index (χ0v) is 14.0. The molecule has 1 N–H and O–H groups in total. The Kier molecular flexibility index (Phi) is 4.97. The molecule has 0 unspecified atom stereocenters. The maximum atomic E-state index is 14.3. The summed E-state index contributed by atoms with van der Waals surface area (Å²) in [7, 11) is 0. The molecule has 24 heavy (non-hydrogen) atoms. The van der Waals surface area contributed by atoms with E-state index in [0.29, 0.717) is 5.52 Å². The van der Waals surface area contributed by atoms with Gasteiger partial charge >= 0.3 is 0 Å². The van der Waals surface area contributed by atoms with Crippen molar-refractivity contribution in [2.45, 2.75) is 0 Å². The van der Waals surface area contributed by atoms with E-state index in [2.05, 4.69) is 21.3 Å². The number of halogens is 2. The molecule has 1 fully saturated rings. The van der Waals surface area contributed by atoms with Crippen molar-refractivity contribution in [1.29, 1.82) is 0 Å². The lowest BCUT2D eigenvalue weighted by molar-refractivity contribution is 0.590. The lowest BCUT2D eigenvalue weighted by Gasteiger charge is -2.30. The van der Waals surface area contributed by atoms with E-state index in [9.17, 15) is 4.39 Å².